The van der Waals surface area contributed by atoms with E-state index in [0.717, 1.165) is 42.6 Å². The summed E-state index contributed by atoms with van der Waals surface area (Å²) in [5.74, 6) is 1.57. The van der Waals surface area contributed by atoms with Crippen LogP contribution in [0, 0.1) is 12.8 Å². The van der Waals surface area contributed by atoms with Gasteiger partial charge in [0.15, 0.2) is 5.16 Å². The maximum atomic E-state index is 5.67. The Morgan fingerprint density at radius 2 is 1.96 bits per heavy atom. The van der Waals surface area contributed by atoms with Gasteiger partial charge >= 0.3 is 6.01 Å². The molecule has 1 saturated heterocycles. The van der Waals surface area contributed by atoms with Crippen LogP contribution in [0.2, 0.25) is 0 Å². The van der Waals surface area contributed by atoms with Crippen LogP contribution in [-0.4, -0.2) is 45.9 Å². The molecule has 0 N–H and O–H groups in total. The third-order valence-corrected chi connectivity index (χ3v) is 4.48. The Balaban J connectivity index is 1.53. The van der Waals surface area contributed by atoms with E-state index >= 15 is 0 Å². The van der Waals surface area contributed by atoms with E-state index in [1.54, 1.807) is 30.2 Å². The van der Waals surface area contributed by atoms with Gasteiger partial charge in [-0.05, 0) is 38.0 Å². The van der Waals surface area contributed by atoms with Crippen LogP contribution < -0.4 is 9.64 Å². The number of nitrogens with zero attached hydrogens (tertiary/aromatic N) is 5. The molecule has 6 nitrogen and oxygen atoms in total. The van der Waals surface area contributed by atoms with Crippen LogP contribution in [0.4, 0.5) is 5.82 Å². The Morgan fingerprint density at radius 1 is 1.22 bits per heavy atom. The molecule has 0 amide bonds. The average Bonchev–Trinajstić information content (AvgIpc) is 2.60. The molecule has 0 aliphatic carbocycles. The summed E-state index contributed by atoms with van der Waals surface area (Å²) in [6.45, 7) is 4.68. The van der Waals surface area contributed by atoms with E-state index in [4.69, 9.17) is 4.74 Å². The zero-order chi connectivity index (χ0) is 16.1. The van der Waals surface area contributed by atoms with Crippen molar-refractivity contribution in [3.8, 4) is 6.01 Å². The fourth-order valence-electron chi connectivity index (χ4n) is 2.66. The van der Waals surface area contributed by atoms with Gasteiger partial charge in [0.2, 0.25) is 0 Å². The van der Waals surface area contributed by atoms with E-state index in [9.17, 15) is 0 Å². The van der Waals surface area contributed by atoms with Gasteiger partial charge in [0, 0.05) is 37.2 Å². The molecule has 23 heavy (non-hydrogen) atoms. The molecule has 122 valence electrons. The maximum absolute atomic E-state index is 5.67. The van der Waals surface area contributed by atoms with Crippen LogP contribution in [-0.2, 0) is 0 Å². The summed E-state index contributed by atoms with van der Waals surface area (Å²) in [6.07, 6.45) is 7.58. The molecule has 2 aromatic heterocycles. The number of aromatic nitrogens is 4. The second-order valence-electron chi connectivity index (χ2n) is 5.63. The molecule has 0 atom stereocenters. The summed E-state index contributed by atoms with van der Waals surface area (Å²) < 4.78 is 5.67. The largest absolute Gasteiger partial charge is 0.463 e. The van der Waals surface area contributed by atoms with Crippen molar-refractivity contribution >= 4 is 17.6 Å². The summed E-state index contributed by atoms with van der Waals surface area (Å²) in [7, 11) is 0. The number of piperidine rings is 1. The van der Waals surface area contributed by atoms with Crippen molar-refractivity contribution in [2.24, 2.45) is 5.92 Å². The first-order valence-corrected chi connectivity index (χ1v) is 9.01. The lowest BCUT2D eigenvalue weighted by Gasteiger charge is -2.32. The van der Waals surface area contributed by atoms with E-state index in [1.165, 1.54) is 0 Å². The van der Waals surface area contributed by atoms with Crippen LogP contribution in [0.25, 0.3) is 0 Å². The standard InChI is InChI=1S/C16H21N5OS/c1-12-10-14(20-16(19-12)23-2)21-8-4-13(5-9-21)11-22-15-17-6-3-7-18-15/h3,6-7,10,13H,4-5,8-9,11H2,1-2H3. The van der Waals surface area contributed by atoms with Gasteiger partial charge in [0.05, 0.1) is 6.61 Å². The van der Waals surface area contributed by atoms with Crippen molar-refractivity contribution < 1.29 is 4.74 Å². The first-order valence-electron chi connectivity index (χ1n) is 7.79. The van der Waals surface area contributed by atoms with Crippen LogP contribution in [0.15, 0.2) is 29.7 Å². The molecule has 2 aromatic rings. The molecule has 0 spiro atoms. The molecular weight excluding hydrogens is 310 g/mol. The number of hydrogen-bond donors (Lipinski definition) is 0. The number of rotatable bonds is 5. The van der Waals surface area contributed by atoms with Crippen LogP contribution in [0.3, 0.4) is 0 Å². The van der Waals surface area contributed by atoms with Crippen LogP contribution in [0.1, 0.15) is 18.5 Å². The third-order valence-electron chi connectivity index (χ3n) is 3.93. The van der Waals surface area contributed by atoms with Crippen molar-refractivity contribution in [1.29, 1.82) is 0 Å². The lowest BCUT2D eigenvalue weighted by molar-refractivity contribution is 0.208. The summed E-state index contributed by atoms with van der Waals surface area (Å²) in [6, 6.07) is 4.32. The fraction of sp³-hybridized carbons (Fsp3) is 0.500. The van der Waals surface area contributed by atoms with E-state index in [-0.39, 0.29) is 0 Å². The fourth-order valence-corrected chi connectivity index (χ4v) is 3.08. The lowest BCUT2D eigenvalue weighted by atomic mass is 9.98. The minimum atomic E-state index is 0.464. The average molecular weight is 331 g/mol. The molecule has 0 radical (unpaired) electrons. The summed E-state index contributed by atoms with van der Waals surface area (Å²) >= 11 is 1.58. The van der Waals surface area contributed by atoms with Gasteiger partial charge in [-0.3, -0.25) is 0 Å². The van der Waals surface area contributed by atoms with Gasteiger partial charge < -0.3 is 9.64 Å². The number of ether oxygens (including phenoxy) is 1. The van der Waals surface area contributed by atoms with E-state index in [2.05, 4.69) is 30.9 Å². The predicted molar refractivity (Wildman–Crippen MR) is 91.0 cm³/mol. The van der Waals surface area contributed by atoms with Gasteiger partial charge in [-0.2, -0.15) is 0 Å². The summed E-state index contributed by atoms with van der Waals surface area (Å²) in [5, 5.41) is 0.840. The van der Waals surface area contributed by atoms with Crippen molar-refractivity contribution in [3.05, 3.63) is 30.2 Å². The van der Waals surface area contributed by atoms with Crippen molar-refractivity contribution in [3.63, 3.8) is 0 Å². The molecular formula is C16H21N5OS. The molecule has 0 unspecified atom stereocenters. The van der Waals surface area contributed by atoms with Crippen molar-refractivity contribution in [2.45, 2.75) is 24.9 Å². The number of thioether (sulfide) groups is 1. The number of hydrogen-bond acceptors (Lipinski definition) is 7. The van der Waals surface area contributed by atoms with E-state index in [0.29, 0.717) is 18.5 Å². The summed E-state index contributed by atoms with van der Waals surface area (Å²) in [4.78, 5) is 19.6. The van der Waals surface area contributed by atoms with Gasteiger partial charge in [-0.1, -0.05) is 11.8 Å². The Kier molecular flexibility index (Phi) is 5.27. The topological polar surface area (TPSA) is 64.0 Å². The SMILES string of the molecule is CSc1nc(C)cc(N2CCC(COc3ncccn3)CC2)n1. The van der Waals surface area contributed by atoms with Crippen molar-refractivity contribution in [1.82, 2.24) is 19.9 Å². The van der Waals surface area contributed by atoms with Crippen LogP contribution >= 0.6 is 11.8 Å². The highest BCUT2D eigenvalue weighted by atomic mass is 32.2. The zero-order valence-corrected chi connectivity index (χ0v) is 14.3. The maximum Gasteiger partial charge on any atom is 0.316 e. The highest BCUT2D eigenvalue weighted by Gasteiger charge is 2.21. The highest BCUT2D eigenvalue weighted by molar-refractivity contribution is 7.98. The molecule has 0 saturated carbocycles. The molecule has 7 heteroatoms. The molecule has 0 bridgehead atoms. The minimum absolute atomic E-state index is 0.464. The second-order valence-corrected chi connectivity index (χ2v) is 6.40. The highest BCUT2D eigenvalue weighted by Crippen LogP contribution is 2.24. The molecule has 1 aliphatic heterocycles. The first kappa shape index (κ1) is 16.0. The molecule has 1 aliphatic rings. The Hall–Kier alpha value is -1.89. The van der Waals surface area contributed by atoms with Gasteiger partial charge in [0.25, 0.3) is 0 Å². The second kappa shape index (κ2) is 7.59. The molecule has 3 heterocycles. The Labute approximate surface area is 140 Å². The number of anilines is 1. The normalized spacial score (nSPS) is 15.7. The first-order chi connectivity index (χ1) is 11.2. The number of aryl methyl sites for hydroxylation is 1. The van der Waals surface area contributed by atoms with Gasteiger partial charge in [0.1, 0.15) is 5.82 Å². The predicted octanol–water partition coefficient (Wildman–Crippen LogP) is 2.59. The molecule has 1 fully saturated rings. The minimum Gasteiger partial charge on any atom is -0.463 e. The van der Waals surface area contributed by atoms with E-state index in [1.807, 2.05) is 13.2 Å². The van der Waals surface area contributed by atoms with Crippen molar-refractivity contribution in [2.75, 3.05) is 30.9 Å². The summed E-state index contributed by atoms with van der Waals surface area (Å²) in [5.41, 5.74) is 1.02. The van der Waals surface area contributed by atoms with Gasteiger partial charge in [-0.25, -0.2) is 19.9 Å². The van der Waals surface area contributed by atoms with Gasteiger partial charge in [-0.15, -0.1) is 0 Å². The third kappa shape index (κ3) is 4.31. The Morgan fingerprint density at radius 3 is 2.65 bits per heavy atom. The zero-order valence-electron chi connectivity index (χ0n) is 13.5. The lowest BCUT2D eigenvalue weighted by Crippen LogP contribution is -2.36. The monoisotopic (exact) mass is 331 g/mol. The Bertz CT molecular complexity index is 632. The molecule has 0 aromatic carbocycles. The van der Waals surface area contributed by atoms with Crippen LogP contribution in [0.5, 0.6) is 6.01 Å². The van der Waals surface area contributed by atoms with E-state index < -0.39 is 0 Å². The molecule has 3 rings (SSSR count). The smallest absolute Gasteiger partial charge is 0.316 e. The quantitative estimate of drug-likeness (QED) is 0.616.